The number of likely N-dealkylation sites (tertiary alicyclic amines) is 1. The van der Waals surface area contributed by atoms with Crippen molar-refractivity contribution in [2.24, 2.45) is 5.92 Å². The van der Waals surface area contributed by atoms with E-state index in [0.717, 1.165) is 43.4 Å². The molecule has 2 fully saturated rings. The van der Waals surface area contributed by atoms with E-state index in [2.05, 4.69) is 17.1 Å². The van der Waals surface area contributed by atoms with E-state index in [1.54, 1.807) is 23.3 Å². The van der Waals surface area contributed by atoms with Crippen molar-refractivity contribution in [3.63, 3.8) is 0 Å². The van der Waals surface area contributed by atoms with E-state index in [4.69, 9.17) is 4.42 Å². The van der Waals surface area contributed by atoms with E-state index >= 15 is 0 Å². The number of furan rings is 1. The van der Waals surface area contributed by atoms with Gasteiger partial charge in [0.25, 0.3) is 5.91 Å². The monoisotopic (exact) mass is 395 g/mol. The zero-order valence-electron chi connectivity index (χ0n) is 17.0. The molecule has 3 heterocycles. The maximum Gasteiger partial charge on any atom is 0.251 e. The fourth-order valence-corrected chi connectivity index (χ4v) is 4.24. The second-order valence-electron chi connectivity index (χ2n) is 8.16. The first kappa shape index (κ1) is 19.7. The zero-order chi connectivity index (χ0) is 20.2. The molecule has 0 bridgehead atoms. The van der Waals surface area contributed by atoms with E-state index in [1.165, 1.54) is 12.8 Å². The molecule has 29 heavy (non-hydrogen) atoms. The van der Waals surface area contributed by atoms with Crippen molar-refractivity contribution in [1.82, 2.24) is 10.2 Å². The number of nitrogens with zero attached hydrogens (tertiary/aromatic N) is 2. The number of piperidine rings is 1. The summed E-state index contributed by atoms with van der Waals surface area (Å²) in [4.78, 5) is 28.8. The lowest BCUT2D eigenvalue weighted by Gasteiger charge is -2.35. The van der Waals surface area contributed by atoms with Crippen LogP contribution in [0, 0.1) is 5.92 Å². The van der Waals surface area contributed by atoms with Crippen molar-refractivity contribution in [1.29, 1.82) is 0 Å². The Hall–Kier alpha value is -2.60. The molecule has 0 radical (unpaired) electrons. The average molecular weight is 396 g/mol. The first-order valence-electron chi connectivity index (χ1n) is 10.6. The number of rotatable bonds is 6. The van der Waals surface area contributed by atoms with Crippen LogP contribution in [-0.4, -0.2) is 42.9 Å². The Balaban J connectivity index is 1.39. The van der Waals surface area contributed by atoms with Gasteiger partial charge in [0.2, 0.25) is 5.91 Å². The van der Waals surface area contributed by atoms with Crippen LogP contribution in [0.1, 0.15) is 54.8 Å². The minimum atomic E-state index is -0.105. The Morgan fingerprint density at radius 1 is 1.17 bits per heavy atom. The van der Waals surface area contributed by atoms with E-state index in [9.17, 15) is 9.59 Å². The highest BCUT2D eigenvalue weighted by Gasteiger charge is 2.27. The van der Waals surface area contributed by atoms with Crippen LogP contribution in [-0.2, 0) is 4.79 Å². The molecule has 2 aliphatic heterocycles. The maximum absolute atomic E-state index is 12.7. The molecule has 1 atom stereocenters. The topological polar surface area (TPSA) is 65.8 Å². The summed E-state index contributed by atoms with van der Waals surface area (Å²) in [5, 5.41) is 3.07. The second-order valence-corrected chi connectivity index (χ2v) is 8.16. The Kier molecular flexibility index (Phi) is 6.00. The molecule has 2 saturated heterocycles. The normalized spacial score (nSPS) is 19.5. The molecular formula is C23H29N3O3. The first-order valence-corrected chi connectivity index (χ1v) is 10.6. The van der Waals surface area contributed by atoms with Crippen LogP contribution in [0.3, 0.4) is 0 Å². The van der Waals surface area contributed by atoms with Gasteiger partial charge in [0, 0.05) is 30.8 Å². The number of hydrogen-bond acceptors (Lipinski definition) is 4. The Bertz CT molecular complexity index is 824. The predicted octanol–water partition coefficient (Wildman–Crippen LogP) is 3.61. The van der Waals surface area contributed by atoms with Gasteiger partial charge in [-0.2, -0.15) is 0 Å². The van der Waals surface area contributed by atoms with Gasteiger partial charge in [-0.3, -0.25) is 14.5 Å². The molecule has 154 valence electrons. The third-order valence-electron chi connectivity index (χ3n) is 6.10. The summed E-state index contributed by atoms with van der Waals surface area (Å²) >= 11 is 0. The molecule has 1 aromatic carbocycles. The molecule has 1 unspecified atom stereocenters. The number of nitrogens with one attached hydrogen (secondary N) is 1. The van der Waals surface area contributed by atoms with Crippen LogP contribution >= 0.6 is 0 Å². The number of benzene rings is 1. The smallest absolute Gasteiger partial charge is 0.251 e. The fourth-order valence-electron chi connectivity index (χ4n) is 4.24. The van der Waals surface area contributed by atoms with E-state index < -0.39 is 0 Å². The fraction of sp³-hybridized carbons (Fsp3) is 0.478. The highest BCUT2D eigenvalue weighted by atomic mass is 16.3. The average Bonchev–Trinajstić information content (AvgIpc) is 3.41. The van der Waals surface area contributed by atoms with Gasteiger partial charge in [-0.25, -0.2) is 0 Å². The Morgan fingerprint density at radius 3 is 2.55 bits per heavy atom. The summed E-state index contributed by atoms with van der Waals surface area (Å²) in [6.45, 7) is 5.58. The van der Waals surface area contributed by atoms with Gasteiger partial charge < -0.3 is 14.6 Å². The van der Waals surface area contributed by atoms with Gasteiger partial charge in [0.15, 0.2) is 0 Å². The van der Waals surface area contributed by atoms with Crippen LogP contribution in [0.25, 0.3) is 0 Å². The van der Waals surface area contributed by atoms with E-state index in [-0.39, 0.29) is 17.9 Å². The quantitative estimate of drug-likeness (QED) is 0.811. The molecule has 6 heteroatoms. The summed E-state index contributed by atoms with van der Waals surface area (Å²) in [5.74, 6) is 1.69. The number of carbonyl (C=O) groups excluding carboxylic acids is 2. The van der Waals surface area contributed by atoms with Gasteiger partial charge in [-0.15, -0.1) is 0 Å². The third kappa shape index (κ3) is 4.53. The summed E-state index contributed by atoms with van der Waals surface area (Å²) < 4.78 is 5.67. The van der Waals surface area contributed by atoms with Gasteiger partial charge in [-0.05, 0) is 74.7 Å². The van der Waals surface area contributed by atoms with Crippen molar-refractivity contribution in [3.8, 4) is 0 Å². The molecule has 2 amide bonds. The van der Waals surface area contributed by atoms with Crippen molar-refractivity contribution in [3.05, 3.63) is 54.0 Å². The maximum atomic E-state index is 12.7. The van der Waals surface area contributed by atoms with Crippen molar-refractivity contribution >= 4 is 17.5 Å². The minimum absolute atomic E-state index is 0.0444. The van der Waals surface area contributed by atoms with E-state index in [0.29, 0.717) is 18.5 Å². The third-order valence-corrected chi connectivity index (χ3v) is 6.10. The summed E-state index contributed by atoms with van der Waals surface area (Å²) in [6, 6.07) is 11.2. The van der Waals surface area contributed by atoms with Gasteiger partial charge in [0.1, 0.15) is 5.76 Å². The van der Waals surface area contributed by atoms with Crippen molar-refractivity contribution in [2.75, 3.05) is 31.1 Å². The summed E-state index contributed by atoms with van der Waals surface area (Å²) in [5.41, 5.74) is 1.46. The SMILES string of the molecule is CC1CCN(C(CNC(=O)c2ccc(N3CCCC3=O)cc2)c2ccco2)CC1. The Labute approximate surface area is 171 Å². The van der Waals surface area contributed by atoms with Crippen LogP contribution in [0.4, 0.5) is 5.69 Å². The van der Waals surface area contributed by atoms with Gasteiger partial charge in [-0.1, -0.05) is 6.92 Å². The molecule has 2 aliphatic rings. The van der Waals surface area contributed by atoms with Gasteiger partial charge >= 0.3 is 0 Å². The summed E-state index contributed by atoms with van der Waals surface area (Å²) in [6.07, 6.45) is 5.52. The molecule has 4 rings (SSSR count). The zero-order valence-corrected chi connectivity index (χ0v) is 17.0. The van der Waals surface area contributed by atoms with E-state index in [1.807, 2.05) is 24.3 Å². The molecule has 0 aliphatic carbocycles. The van der Waals surface area contributed by atoms with Crippen LogP contribution in [0.15, 0.2) is 47.1 Å². The second kappa shape index (κ2) is 8.82. The van der Waals surface area contributed by atoms with Crippen molar-refractivity contribution in [2.45, 2.75) is 38.6 Å². The Morgan fingerprint density at radius 2 is 1.93 bits per heavy atom. The van der Waals surface area contributed by atoms with Crippen LogP contribution < -0.4 is 10.2 Å². The molecule has 6 nitrogen and oxygen atoms in total. The number of anilines is 1. The molecule has 1 aromatic heterocycles. The summed E-state index contributed by atoms with van der Waals surface area (Å²) in [7, 11) is 0. The molecule has 1 N–H and O–H groups in total. The number of carbonyl (C=O) groups is 2. The lowest BCUT2D eigenvalue weighted by Crippen LogP contribution is -2.41. The first-order chi connectivity index (χ1) is 14.1. The number of amides is 2. The van der Waals surface area contributed by atoms with Crippen LogP contribution in [0.5, 0.6) is 0 Å². The lowest BCUT2D eigenvalue weighted by atomic mass is 9.97. The van der Waals surface area contributed by atoms with Gasteiger partial charge in [0.05, 0.1) is 12.3 Å². The molecule has 0 spiro atoms. The largest absolute Gasteiger partial charge is 0.468 e. The minimum Gasteiger partial charge on any atom is -0.468 e. The molecular weight excluding hydrogens is 366 g/mol. The number of hydrogen-bond donors (Lipinski definition) is 1. The highest BCUT2D eigenvalue weighted by Crippen LogP contribution is 2.27. The van der Waals surface area contributed by atoms with Crippen molar-refractivity contribution < 1.29 is 14.0 Å². The predicted molar refractivity (Wildman–Crippen MR) is 112 cm³/mol. The molecule has 0 saturated carbocycles. The molecule has 2 aromatic rings. The lowest BCUT2D eigenvalue weighted by molar-refractivity contribution is -0.117. The highest BCUT2D eigenvalue weighted by molar-refractivity contribution is 5.97. The standard InChI is InChI=1S/C23H29N3O3/c1-17-10-13-25(14-11-17)20(21-4-3-15-29-21)16-24-23(28)18-6-8-19(9-7-18)26-12-2-5-22(26)27/h3-4,6-9,15,17,20H,2,5,10-14,16H2,1H3,(H,24,28). The van der Waals surface area contributed by atoms with Crippen LogP contribution in [0.2, 0.25) is 0 Å².